The maximum absolute atomic E-state index is 6.07. The lowest BCUT2D eigenvalue weighted by atomic mass is 10.1. The summed E-state index contributed by atoms with van der Waals surface area (Å²) in [6, 6.07) is 16.9. The average molecular weight is 252 g/mol. The van der Waals surface area contributed by atoms with Crippen LogP contribution in [0.2, 0.25) is 0 Å². The van der Waals surface area contributed by atoms with Gasteiger partial charge in [-0.2, -0.15) is 0 Å². The Morgan fingerprint density at radius 3 is 2.63 bits per heavy atom. The molecule has 2 heteroatoms. The number of aryl methyl sites for hydroxylation is 1. The first-order valence-corrected chi connectivity index (χ1v) is 7.01. The summed E-state index contributed by atoms with van der Waals surface area (Å²) in [7, 11) is 0. The van der Waals surface area contributed by atoms with Gasteiger partial charge in [0.2, 0.25) is 0 Å². The van der Waals surface area contributed by atoms with Crippen LogP contribution in [0.1, 0.15) is 24.0 Å². The Kier molecular flexibility index (Phi) is 3.41. The minimum atomic E-state index is 0.893. The molecule has 0 radical (unpaired) electrons. The molecule has 0 saturated heterocycles. The fourth-order valence-corrected chi connectivity index (χ4v) is 2.82. The van der Waals surface area contributed by atoms with Crippen molar-refractivity contribution in [3.05, 3.63) is 59.7 Å². The number of hydrogen-bond donors (Lipinski definition) is 1. The first kappa shape index (κ1) is 12.1. The molecule has 98 valence electrons. The van der Waals surface area contributed by atoms with E-state index in [0.29, 0.717) is 0 Å². The van der Waals surface area contributed by atoms with Crippen LogP contribution in [-0.4, -0.2) is 6.54 Å². The molecule has 0 spiro atoms. The van der Waals surface area contributed by atoms with Crippen LogP contribution in [0.5, 0.6) is 0 Å². The fourth-order valence-electron chi connectivity index (χ4n) is 2.82. The highest BCUT2D eigenvalue weighted by molar-refractivity contribution is 5.56. The molecule has 2 nitrogen and oxygen atoms in total. The largest absolute Gasteiger partial charge is 0.398 e. The number of para-hydroxylation sites is 2. The molecule has 0 aromatic heterocycles. The summed E-state index contributed by atoms with van der Waals surface area (Å²) in [4.78, 5) is 2.47. The Hall–Kier alpha value is -1.96. The van der Waals surface area contributed by atoms with Gasteiger partial charge in [0.05, 0.1) is 0 Å². The second kappa shape index (κ2) is 5.35. The van der Waals surface area contributed by atoms with Crippen LogP contribution >= 0.6 is 0 Å². The van der Waals surface area contributed by atoms with Crippen LogP contribution in [0.4, 0.5) is 11.4 Å². The van der Waals surface area contributed by atoms with E-state index in [2.05, 4.69) is 41.3 Å². The maximum atomic E-state index is 6.07. The first-order valence-electron chi connectivity index (χ1n) is 7.01. The Bertz CT molecular complexity index is 563. The fraction of sp³-hybridized carbons (Fsp3) is 0.294. The van der Waals surface area contributed by atoms with Crippen LogP contribution in [0, 0.1) is 0 Å². The van der Waals surface area contributed by atoms with Crippen molar-refractivity contribution in [1.82, 2.24) is 0 Å². The number of fused-ring (bicyclic) bond motifs is 1. The number of nitrogen functional groups attached to an aromatic ring is 1. The molecule has 2 aromatic carbocycles. The third-order valence-electron chi connectivity index (χ3n) is 3.87. The van der Waals surface area contributed by atoms with Gasteiger partial charge in [0.25, 0.3) is 0 Å². The topological polar surface area (TPSA) is 29.3 Å². The van der Waals surface area contributed by atoms with Crippen molar-refractivity contribution in [2.24, 2.45) is 0 Å². The van der Waals surface area contributed by atoms with Crippen LogP contribution in [0.25, 0.3) is 0 Å². The van der Waals surface area contributed by atoms with Gasteiger partial charge in [0.15, 0.2) is 0 Å². The molecule has 2 N–H and O–H groups in total. The first-order chi connectivity index (χ1) is 9.34. The second-order valence-corrected chi connectivity index (χ2v) is 5.21. The van der Waals surface area contributed by atoms with E-state index in [1.807, 2.05) is 12.1 Å². The van der Waals surface area contributed by atoms with Gasteiger partial charge in [0, 0.05) is 24.5 Å². The zero-order valence-electron chi connectivity index (χ0n) is 11.2. The highest BCUT2D eigenvalue weighted by atomic mass is 15.1. The average Bonchev–Trinajstić information content (AvgIpc) is 2.64. The van der Waals surface area contributed by atoms with E-state index in [1.165, 1.54) is 36.1 Å². The maximum Gasteiger partial charge on any atom is 0.0449 e. The lowest BCUT2D eigenvalue weighted by Crippen LogP contribution is -2.24. The van der Waals surface area contributed by atoms with Crippen molar-refractivity contribution in [3.63, 3.8) is 0 Å². The molecule has 3 rings (SSSR count). The lowest BCUT2D eigenvalue weighted by molar-refractivity contribution is 0.715. The summed E-state index contributed by atoms with van der Waals surface area (Å²) in [6.07, 6.45) is 3.72. The summed E-state index contributed by atoms with van der Waals surface area (Å²) in [6.45, 7) is 2.02. The van der Waals surface area contributed by atoms with E-state index in [-0.39, 0.29) is 0 Å². The summed E-state index contributed by atoms with van der Waals surface area (Å²) >= 11 is 0. The molecule has 0 unspecified atom stereocenters. The number of anilines is 2. The lowest BCUT2D eigenvalue weighted by Gasteiger charge is -2.25. The van der Waals surface area contributed by atoms with Gasteiger partial charge >= 0.3 is 0 Å². The summed E-state index contributed by atoms with van der Waals surface area (Å²) in [5, 5.41) is 0. The van der Waals surface area contributed by atoms with E-state index >= 15 is 0 Å². The zero-order valence-corrected chi connectivity index (χ0v) is 11.2. The standard InChI is InChI=1S/C17H20N2/c18-16-10-3-1-9-15(16)13-19-12-6-5-8-14-7-2-4-11-17(14)19/h1-4,7,9-11H,5-6,8,12-13,18H2. The molecule has 2 aromatic rings. The molecule has 19 heavy (non-hydrogen) atoms. The number of nitrogens with two attached hydrogens (primary N) is 1. The summed E-state index contributed by atoms with van der Waals surface area (Å²) in [5.41, 5.74) is 11.0. The molecule has 1 heterocycles. The van der Waals surface area contributed by atoms with Crippen molar-refractivity contribution in [1.29, 1.82) is 0 Å². The third-order valence-corrected chi connectivity index (χ3v) is 3.87. The van der Waals surface area contributed by atoms with Crippen molar-refractivity contribution >= 4 is 11.4 Å². The van der Waals surface area contributed by atoms with Gasteiger partial charge in [-0.3, -0.25) is 0 Å². The predicted molar refractivity (Wildman–Crippen MR) is 81.3 cm³/mol. The van der Waals surface area contributed by atoms with E-state index in [1.54, 1.807) is 0 Å². The Labute approximate surface area is 114 Å². The van der Waals surface area contributed by atoms with Crippen LogP contribution in [0.3, 0.4) is 0 Å². The van der Waals surface area contributed by atoms with Gasteiger partial charge in [-0.25, -0.2) is 0 Å². The van der Waals surface area contributed by atoms with Crippen LogP contribution < -0.4 is 10.6 Å². The molecule has 0 aliphatic carbocycles. The summed E-state index contributed by atoms with van der Waals surface area (Å²) in [5.74, 6) is 0. The van der Waals surface area contributed by atoms with Crippen molar-refractivity contribution in [2.45, 2.75) is 25.8 Å². The van der Waals surface area contributed by atoms with E-state index in [0.717, 1.165) is 18.8 Å². The SMILES string of the molecule is Nc1ccccc1CN1CCCCc2ccccc21. The highest BCUT2D eigenvalue weighted by Crippen LogP contribution is 2.28. The number of rotatable bonds is 2. The van der Waals surface area contributed by atoms with Gasteiger partial charge in [0.1, 0.15) is 0 Å². The van der Waals surface area contributed by atoms with Crippen molar-refractivity contribution < 1.29 is 0 Å². The van der Waals surface area contributed by atoms with Crippen molar-refractivity contribution in [2.75, 3.05) is 17.2 Å². The minimum Gasteiger partial charge on any atom is -0.398 e. The molecule has 0 saturated carbocycles. The summed E-state index contributed by atoms with van der Waals surface area (Å²) < 4.78 is 0. The highest BCUT2D eigenvalue weighted by Gasteiger charge is 2.15. The second-order valence-electron chi connectivity index (χ2n) is 5.21. The van der Waals surface area contributed by atoms with Crippen molar-refractivity contribution in [3.8, 4) is 0 Å². The molecular formula is C17H20N2. The number of nitrogens with zero attached hydrogens (tertiary/aromatic N) is 1. The smallest absolute Gasteiger partial charge is 0.0449 e. The molecule has 1 aliphatic heterocycles. The van der Waals surface area contributed by atoms with Crippen LogP contribution in [-0.2, 0) is 13.0 Å². The monoisotopic (exact) mass is 252 g/mol. The van der Waals surface area contributed by atoms with Gasteiger partial charge < -0.3 is 10.6 Å². The van der Waals surface area contributed by atoms with E-state index < -0.39 is 0 Å². The third kappa shape index (κ3) is 2.58. The predicted octanol–water partition coefficient (Wildman–Crippen LogP) is 3.61. The Morgan fingerprint density at radius 1 is 0.947 bits per heavy atom. The van der Waals surface area contributed by atoms with Crippen LogP contribution in [0.15, 0.2) is 48.5 Å². The number of benzene rings is 2. The van der Waals surface area contributed by atoms with Gasteiger partial charge in [-0.1, -0.05) is 36.4 Å². The van der Waals surface area contributed by atoms with E-state index in [4.69, 9.17) is 5.73 Å². The Morgan fingerprint density at radius 2 is 1.74 bits per heavy atom. The van der Waals surface area contributed by atoms with Gasteiger partial charge in [-0.05, 0) is 42.5 Å². The molecule has 0 amide bonds. The zero-order chi connectivity index (χ0) is 13.1. The molecule has 1 aliphatic rings. The molecular weight excluding hydrogens is 232 g/mol. The number of hydrogen-bond acceptors (Lipinski definition) is 2. The molecule has 0 atom stereocenters. The minimum absolute atomic E-state index is 0.893. The van der Waals surface area contributed by atoms with Gasteiger partial charge in [-0.15, -0.1) is 0 Å². The normalized spacial score (nSPS) is 14.8. The quantitative estimate of drug-likeness (QED) is 0.827. The molecule has 0 fully saturated rings. The molecule has 0 bridgehead atoms. The Balaban J connectivity index is 1.91. The van der Waals surface area contributed by atoms with E-state index in [9.17, 15) is 0 Å².